The first-order chi connectivity index (χ1) is 18.7. The Morgan fingerprint density at radius 3 is 2.56 bits per heavy atom. The number of hydrogen-bond donors (Lipinski definition) is 1. The van der Waals surface area contributed by atoms with Crippen LogP contribution in [0, 0.1) is 0 Å². The predicted octanol–water partition coefficient (Wildman–Crippen LogP) is 6.83. The van der Waals surface area contributed by atoms with E-state index >= 15 is 0 Å². The van der Waals surface area contributed by atoms with Crippen LogP contribution in [0.4, 0.5) is 19.1 Å². The summed E-state index contributed by atoms with van der Waals surface area (Å²) < 4.78 is 47.4. The van der Waals surface area contributed by atoms with E-state index in [1.807, 2.05) is 37.3 Å². The Kier molecular flexibility index (Phi) is 7.02. The van der Waals surface area contributed by atoms with Crippen molar-refractivity contribution < 1.29 is 22.7 Å². The number of pyridine rings is 1. The maximum absolute atomic E-state index is 13.5. The lowest BCUT2D eigenvalue weighted by molar-refractivity contribution is -0.137. The van der Waals surface area contributed by atoms with Gasteiger partial charge in [-0.25, -0.2) is 19.7 Å². The number of rotatable bonds is 7. The number of benzene rings is 2. The van der Waals surface area contributed by atoms with Crippen molar-refractivity contribution in [3.63, 3.8) is 0 Å². The maximum atomic E-state index is 13.5. The lowest BCUT2D eigenvalue weighted by Crippen LogP contribution is -2.09. The Labute approximate surface area is 222 Å². The maximum Gasteiger partial charge on any atom is 0.416 e. The van der Waals surface area contributed by atoms with Crippen molar-refractivity contribution in [1.29, 1.82) is 0 Å². The third-order valence-electron chi connectivity index (χ3n) is 6.14. The van der Waals surface area contributed by atoms with Gasteiger partial charge < -0.3 is 10.1 Å². The minimum Gasteiger partial charge on any atom is -0.462 e. The molecule has 0 radical (unpaired) electrons. The monoisotopic (exact) mass is 531 g/mol. The molecule has 7 nitrogen and oxygen atoms in total. The molecule has 1 N–H and O–H groups in total. The highest BCUT2D eigenvalue weighted by Crippen LogP contribution is 2.36. The first-order valence-electron chi connectivity index (χ1n) is 12.3. The number of anilines is 1. The number of esters is 1. The molecule has 5 rings (SSSR count). The van der Waals surface area contributed by atoms with Gasteiger partial charge in [0, 0.05) is 18.0 Å². The smallest absolute Gasteiger partial charge is 0.416 e. The number of carbonyl (C=O) groups excluding carboxylic acids is 1. The molecular weight excluding hydrogens is 507 g/mol. The van der Waals surface area contributed by atoms with Crippen LogP contribution in [0.5, 0.6) is 0 Å². The highest BCUT2D eigenvalue weighted by Gasteiger charge is 2.31. The number of imidazole rings is 1. The molecule has 0 aliphatic carbocycles. The Hall–Kier alpha value is -4.73. The molecule has 39 heavy (non-hydrogen) atoms. The summed E-state index contributed by atoms with van der Waals surface area (Å²) in [5.41, 5.74) is 2.31. The van der Waals surface area contributed by atoms with E-state index in [4.69, 9.17) is 4.74 Å². The van der Waals surface area contributed by atoms with E-state index in [-0.39, 0.29) is 29.5 Å². The van der Waals surface area contributed by atoms with E-state index in [0.717, 1.165) is 17.7 Å². The normalized spacial score (nSPS) is 12.3. The Balaban J connectivity index is 1.64. The van der Waals surface area contributed by atoms with Crippen LogP contribution < -0.4 is 5.32 Å². The molecule has 0 aliphatic heterocycles. The molecule has 2 aromatic carbocycles. The van der Waals surface area contributed by atoms with Gasteiger partial charge in [-0.1, -0.05) is 42.5 Å². The summed E-state index contributed by atoms with van der Waals surface area (Å²) >= 11 is 0. The van der Waals surface area contributed by atoms with E-state index in [1.165, 1.54) is 12.1 Å². The average Bonchev–Trinajstić information content (AvgIpc) is 3.32. The van der Waals surface area contributed by atoms with Gasteiger partial charge in [0.2, 0.25) is 5.95 Å². The molecule has 0 aliphatic rings. The van der Waals surface area contributed by atoms with E-state index in [2.05, 4.69) is 20.3 Å². The third kappa shape index (κ3) is 5.45. The molecule has 0 amide bonds. The number of nitrogens with zero attached hydrogens (tertiary/aromatic N) is 4. The predicted molar refractivity (Wildman–Crippen MR) is 141 cm³/mol. The van der Waals surface area contributed by atoms with E-state index in [0.29, 0.717) is 23.0 Å². The zero-order chi connectivity index (χ0) is 27.6. The second-order valence-corrected chi connectivity index (χ2v) is 8.79. The topological polar surface area (TPSA) is 81.4 Å². The minimum absolute atomic E-state index is 0.0984. The van der Waals surface area contributed by atoms with Gasteiger partial charge in [-0.15, -0.1) is 0 Å². The number of fused-ring (bicyclic) bond motifs is 1. The zero-order valence-electron chi connectivity index (χ0n) is 21.1. The molecule has 0 unspecified atom stereocenters. The molecule has 10 heteroatoms. The minimum atomic E-state index is -4.52. The highest BCUT2D eigenvalue weighted by molar-refractivity contribution is 5.91. The van der Waals surface area contributed by atoms with Crippen LogP contribution in [0.15, 0.2) is 85.2 Å². The summed E-state index contributed by atoms with van der Waals surface area (Å²) in [6.07, 6.45) is -1.32. The van der Waals surface area contributed by atoms with Crippen LogP contribution in [0.25, 0.3) is 28.3 Å². The third-order valence-corrected chi connectivity index (χ3v) is 6.14. The number of hydrogen-bond acceptors (Lipinski definition) is 6. The number of carbonyl (C=O) groups is 1. The van der Waals surface area contributed by atoms with Gasteiger partial charge in [-0.3, -0.25) is 4.40 Å². The molecule has 198 valence electrons. The van der Waals surface area contributed by atoms with Crippen molar-refractivity contribution >= 4 is 17.6 Å². The van der Waals surface area contributed by atoms with Crippen molar-refractivity contribution in [3.05, 3.63) is 102 Å². The van der Waals surface area contributed by atoms with Crippen LogP contribution in [0.2, 0.25) is 0 Å². The highest BCUT2D eigenvalue weighted by atomic mass is 19.4. The second-order valence-electron chi connectivity index (χ2n) is 8.79. The van der Waals surface area contributed by atoms with Gasteiger partial charge in [-0.2, -0.15) is 13.2 Å². The fraction of sp³-hybridized carbons (Fsp3) is 0.172. The zero-order valence-corrected chi connectivity index (χ0v) is 21.1. The van der Waals surface area contributed by atoms with Crippen LogP contribution in [0.1, 0.15) is 41.4 Å². The molecule has 0 spiro atoms. The van der Waals surface area contributed by atoms with Crippen LogP contribution in [-0.4, -0.2) is 31.9 Å². The number of ether oxygens (including phenoxy) is 1. The van der Waals surface area contributed by atoms with Crippen LogP contribution >= 0.6 is 0 Å². The largest absolute Gasteiger partial charge is 0.462 e. The second kappa shape index (κ2) is 10.6. The van der Waals surface area contributed by atoms with Crippen molar-refractivity contribution in [2.24, 2.45) is 0 Å². The van der Waals surface area contributed by atoms with Gasteiger partial charge in [-0.05, 0) is 49.7 Å². The molecular formula is C29H24F3N5O2. The van der Waals surface area contributed by atoms with Gasteiger partial charge in [0.1, 0.15) is 5.65 Å². The van der Waals surface area contributed by atoms with E-state index in [9.17, 15) is 18.0 Å². The molecule has 0 fully saturated rings. The standard InChI is InChI=1S/C29H24F3N5O2/c1-3-39-27(38)21-13-15-37-24(17-21)36-25(20-10-7-11-22(16-20)29(30,31)32)26(37)23-12-14-33-28(35-23)34-18(2)19-8-5-4-6-9-19/h4-18H,3H2,1-2H3,(H,33,34,35)/t18-/m0/s1. The van der Waals surface area contributed by atoms with Gasteiger partial charge >= 0.3 is 12.1 Å². The fourth-order valence-corrected chi connectivity index (χ4v) is 4.25. The summed E-state index contributed by atoms with van der Waals surface area (Å²) in [5, 5.41) is 3.27. The summed E-state index contributed by atoms with van der Waals surface area (Å²) in [5.74, 6) is -0.175. The van der Waals surface area contributed by atoms with Crippen molar-refractivity contribution in [1.82, 2.24) is 19.4 Å². The van der Waals surface area contributed by atoms with E-state index < -0.39 is 17.7 Å². The summed E-state index contributed by atoms with van der Waals surface area (Å²) in [7, 11) is 0. The number of alkyl halides is 3. The molecule has 1 atom stereocenters. The fourth-order valence-electron chi connectivity index (χ4n) is 4.25. The first-order valence-corrected chi connectivity index (χ1v) is 12.3. The Bertz CT molecular complexity index is 1630. The molecule has 0 saturated heterocycles. The molecule has 5 aromatic rings. The molecule has 0 saturated carbocycles. The van der Waals surface area contributed by atoms with Gasteiger partial charge in [0.05, 0.1) is 40.9 Å². The first kappa shape index (κ1) is 25.9. The van der Waals surface area contributed by atoms with Gasteiger partial charge in [0.15, 0.2) is 0 Å². The molecule has 3 aromatic heterocycles. The van der Waals surface area contributed by atoms with Crippen molar-refractivity contribution in [2.75, 3.05) is 11.9 Å². The lowest BCUT2D eigenvalue weighted by atomic mass is 10.0. The average molecular weight is 532 g/mol. The van der Waals surface area contributed by atoms with Crippen molar-refractivity contribution in [2.45, 2.75) is 26.1 Å². The van der Waals surface area contributed by atoms with Crippen LogP contribution in [0.3, 0.4) is 0 Å². The summed E-state index contributed by atoms with van der Waals surface area (Å²) in [4.78, 5) is 26.0. The molecule has 3 heterocycles. The summed E-state index contributed by atoms with van der Waals surface area (Å²) in [6, 6.07) is 19.4. The number of halogens is 3. The number of aromatic nitrogens is 4. The Morgan fingerprint density at radius 1 is 1.03 bits per heavy atom. The summed E-state index contributed by atoms with van der Waals surface area (Å²) in [6.45, 7) is 3.89. The van der Waals surface area contributed by atoms with E-state index in [1.54, 1.807) is 41.9 Å². The van der Waals surface area contributed by atoms with Gasteiger partial charge in [0.25, 0.3) is 0 Å². The van der Waals surface area contributed by atoms with Crippen molar-refractivity contribution in [3.8, 4) is 22.6 Å². The SMILES string of the molecule is CCOC(=O)c1ccn2c(-c3ccnc(N[C@@H](C)c4ccccc4)n3)c(-c3cccc(C(F)(F)F)c3)nc2c1. The van der Waals surface area contributed by atoms with Crippen LogP contribution in [-0.2, 0) is 10.9 Å². The lowest BCUT2D eigenvalue weighted by Gasteiger charge is -2.15. The number of nitrogens with one attached hydrogen (secondary N) is 1. The molecule has 0 bridgehead atoms. The quantitative estimate of drug-likeness (QED) is 0.232. The Morgan fingerprint density at radius 2 is 1.82 bits per heavy atom.